The molecule has 30 heavy (non-hydrogen) atoms. The van der Waals surface area contributed by atoms with E-state index in [1.54, 1.807) is 24.3 Å². The SMILES string of the molecule is COc1ccc(-c2cc(C(=O)Nc3ccc(Br)c(C)c3)[nH]n2)cc1S(=O)(=O)N(C)C. The average molecular weight is 493 g/mol. The van der Waals surface area contributed by atoms with Gasteiger partial charge in [0.2, 0.25) is 10.0 Å². The molecule has 0 saturated heterocycles. The van der Waals surface area contributed by atoms with Crippen LogP contribution in [-0.2, 0) is 10.0 Å². The average Bonchev–Trinajstić information content (AvgIpc) is 3.20. The maximum absolute atomic E-state index is 12.6. The molecule has 3 aromatic rings. The van der Waals surface area contributed by atoms with Gasteiger partial charge in [0.25, 0.3) is 5.91 Å². The second kappa shape index (κ2) is 8.58. The fraction of sp³-hybridized carbons (Fsp3) is 0.200. The number of carbonyl (C=O) groups is 1. The number of nitrogens with one attached hydrogen (secondary N) is 2. The molecule has 2 N–H and O–H groups in total. The number of nitrogens with zero attached hydrogens (tertiary/aromatic N) is 2. The zero-order valence-corrected chi connectivity index (χ0v) is 19.3. The van der Waals surface area contributed by atoms with Crippen molar-refractivity contribution in [2.45, 2.75) is 11.8 Å². The smallest absolute Gasteiger partial charge is 0.273 e. The third-order valence-corrected chi connectivity index (χ3v) is 7.18. The van der Waals surface area contributed by atoms with Gasteiger partial charge in [0.15, 0.2) is 0 Å². The molecular formula is C20H21BrN4O4S. The fourth-order valence-electron chi connectivity index (χ4n) is 2.74. The van der Waals surface area contributed by atoms with Crippen LogP contribution in [0.1, 0.15) is 16.1 Å². The molecule has 158 valence electrons. The van der Waals surface area contributed by atoms with Crippen molar-refractivity contribution in [2.75, 3.05) is 26.5 Å². The highest BCUT2D eigenvalue weighted by atomic mass is 79.9. The Labute approximate surface area is 183 Å². The van der Waals surface area contributed by atoms with Crippen molar-refractivity contribution in [1.82, 2.24) is 14.5 Å². The van der Waals surface area contributed by atoms with Crippen molar-refractivity contribution in [1.29, 1.82) is 0 Å². The van der Waals surface area contributed by atoms with Crippen LogP contribution in [0, 0.1) is 6.92 Å². The summed E-state index contributed by atoms with van der Waals surface area (Å²) in [5.74, 6) is -0.128. The summed E-state index contributed by atoms with van der Waals surface area (Å²) in [4.78, 5) is 12.6. The molecule has 0 unspecified atom stereocenters. The number of methoxy groups -OCH3 is 1. The van der Waals surface area contributed by atoms with Crippen LogP contribution >= 0.6 is 15.9 Å². The van der Waals surface area contributed by atoms with E-state index >= 15 is 0 Å². The lowest BCUT2D eigenvalue weighted by Crippen LogP contribution is -2.22. The summed E-state index contributed by atoms with van der Waals surface area (Å²) in [7, 11) is 0.580. The first-order valence-electron chi connectivity index (χ1n) is 8.87. The third-order valence-electron chi connectivity index (χ3n) is 4.46. The van der Waals surface area contributed by atoms with Crippen molar-refractivity contribution in [3.63, 3.8) is 0 Å². The summed E-state index contributed by atoms with van der Waals surface area (Å²) in [6.07, 6.45) is 0. The predicted molar refractivity (Wildman–Crippen MR) is 118 cm³/mol. The van der Waals surface area contributed by atoms with Crippen LogP contribution in [0.3, 0.4) is 0 Å². The molecule has 0 radical (unpaired) electrons. The zero-order valence-electron chi connectivity index (χ0n) is 16.9. The number of benzene rings is 2. The van der Waals surface area contributed by atoms with Gasteiger partial charge in [-0.3, -0.25) is 9.89 Å². The fourth-order valence-corrected chi connectivity index (χ4v) is 4.06. The van der Waals surface area contributed by atoms with E-state index < -0.39 is 10.0 Å². The van der Waals surface area contributed by atoms with Gasteiger partial charge in [-0.1, -0.05) is 15.9 Å². The number of aromatic amines is 1. The highest BCUT2D eigenvalue weighted by molar-refractivity contribution is 9.10. The molecule has 0 fully saturated rings. The molecule has 0 aliphatic rings. The lowest BCUT2D eigenvalue weighted by Gasteiger charge is -2.15. The molecule has 1 amide bonds. The molecule has 0 spiro atoms. The number of H-pyrrole nitrogens is 1. The molecule has 3 rings (SSSR count). The number of rotatable bonds is 6. The van der Waals surface area contributed by atoms with Gasteiger partial charge in [-0.25, -0.2) is 12.7 Å². The van der Waals surface area contributed by atoms with Crippen molar-refractivity contribution in [2.24, 2.45) is 0 Å². The molecule has 1 heterocycles. The van der Waals surface area contributed by atoms with E-state index in [0.717, 1.165) is 14.3 Å². The van der Waals surface area contributed by atoms with Gasteiger partial charge in [-0.2, -0.15) is 5.10 Å². The molecule has 0 bridgehead atoms. The van der Waals surface area contributed by atoms with E-state index in [0.29, 0.717) is 16.9 Å². The molecule has 0 aliphatic carbocycles. The summed E-state index contributed by atoms with van der Waals surface area (Å²) in [5.41, 5.74) is 2.86. The molecule has 10 heteroatoms. The maximum atomic E-state index is 12.6. The van der Waals surface area contributed by atoms with Gasteiger partial charge >= 0.3 is 0 Å². The molecular weight excluding hydrogens is 472 g/mol. The number of anilines is 1. The minimum absolute atomic E-state index is 0.0202. The van der Waals surface area contributed by atoms with E-state index in [9.17, 15) is 13.2 Å². The lowest BCUT2D eigenvalue weighted by molar-refractivity contribution is 0.102. The van der Waals surface area contributed by atoms with E-state index in [1.165, 1.54) is 27.3 Å². The quantitative estimate of drug-likeness (QED) is 0.546. The molecule has 0 saturated carbocycles. The molecule has 2 aromatic carbocycles. The minimum atomic E-state index is -3.72. The number of amides is 1. The van der Waals surface area contributed by atoms with Crippen LogP contribution in [0.4, 0.5) is 5.69 Å². The lowest BCUT2D eigenvalue weighted by atomic mass is 10.1. The van der Waals surface area contributed by atoms with E-state index in [1.807, 2.05) is 19.1 Å². The Bertz CT molecular complexity index is 1210. The molecule has 0 aliphatic heterocycles. The monoisotopic (exact) mass is 492 g/mol. The van der Waals surface area contributed by atoms with Gasteiger partial charge < -0.3 is 10.1 Å². The Morgan fingerprint density at radius 2 is 1.90 bits per heavy atom. The predicted octanol–water partition coefficient (Wildman–Crippen LogP) is 3.66. The summed E-state index contributed by atoms with van der Waals surface area (Å²) in [6.45, 7) is 1.93. The number of hydrogen-bond donors (Lipinski definition) is 2. The van der Waals surface area contributed by atoms with Crippen molar-refractivity contribution in [3.8, 4) is 17.0 Å². The van der Waals surface area contributed by atoms with Gasteiger partial charge in [-0.05, 0) is 55.0 Å². The van der Waals surface area contributed by atoms with Crippen molar-refractivity contribution < 1.29 is 17.9 Å². The van der Waals surface area contributed by atoms with E-state index in [2.05, 4.69) is 31.4 Å². The van der Waals surface area contributed by atoms with Crippen LogP contribution in [0.15, 0.2) is 51.8 Å². The number of halogens is 1. The van der Waals surface area contributed by atoms with Crippen LogP contribution in [0.2, 0.25) is 0 Å². The Balaban J connectivity index is 1.90. The highest BCUT2D eigenvalue weighted by Crippen LogP contribution is 2.31. The van der Waals surface area contributed by atoms with E-state index in [4.69, 9.17) is 4.74 Å². The summed E-state index contributed by atoms with van der Waals surface area (Å²) >= 11 is 3.42. The molecule has 1 aromatic heterocycles. The molecule has 8 nitrogen and oxygen atoms in total. The first kappa shape index (κ1) is 22.0. The first-order chi connectivity index (χ1) is 14.1. The summed E-state index contributed by atoms with van der Waals surface area (Å²) < 4.78 is 32.5. The number of ether oxygens (including phenoxy) is 1. The largest absolute Gasteiger partial charge is 0.495 e. The second-order valence-corrected chi connectivity index (χ2v) is 9.71. The standard InChI is InChI=1S/C20H21BrN4O4S/c1-12-9-14(6-7-15(12)21)22-20(26)17-11-16(23-24-17)13-5-8-18(29-4)19(10-13)30(27,28)25(2)3/h5-11H,1-4H3,(H,22,26)(H,23,24). The maximum Gasteiger partial charge on any atom is 0.273 e. The zero-order chi connectivity index (χ0) is 22.1. The normalized spacial score (nSPS) is 11.5. The number of aryl methyl sites for hydroxylation is 1. The van der Waals surface area contributed by atoms with Gasteiger partial charge in [0, 0.05) is 29.8 Å². The Hall–Kier alpha value is -2.69. The van der Waals surface area contributed by atoms with Crippen LogP contribution in [0.25, 0.3) is 11.3 Å². The Morgan fingerprint density at radius 3 is 2.53 bits per heavy atom. The first-order valence-corrected chi connectivity index (χ1v) is 11.1. The summed E-state index contributed by atoms with van der Waals surface area (Å²) in [6, 6.07) is 11.8. The number of aromatic nitrogens is 2. The summed E-state index contributed by atoms with van der Waals surface area (Å²) in [5, 5.41) is 9.67. The van der Waals surface area contributed by atoms with E-state index in [-0.39, 0.29) is 22.2 Å². The second-order valence-electron chi connectivity index (χ2n) is 6.74. The minimum Gasteiger partial charge on any atom is -0.495 e. The number of hydrogen-bond acceptors (Lipinski definition) is 5. The van der Waals surface area contributed by atoms with Gasteiger partial charge in [0.05, 0.1) is 12.8 Å². The highest BCUT2D eigenvalue weighted by Gasteiger charge is 2.23. The van der Waals surface area contributed by atoms with Crippen LogP contribution in [-0.4, -0.2) is 50.0 Å². The Morgan fingerprint density at radius 1 is 1.17 bits per heavy atom. The topological polar surface area (TPSA) is 104 Å². The van der Waals surface area contributed by atoms with Crippen LogP contribution < -0.4 is 10.1 Å². The number of sulfonamides is 1. The van der Waals surface area contributed by atoms with Crippen LogP contribution in [0.5, 0.6) is 5.75 Å². The Kier molecular flexibility index (Phi) is 6.30. The van der Waals surface area contributed by atoms with Crippen molar-refractivity contribution >= 4 is 37.5 Å². The van der Waals surface area contributed by atoms with Gasteiger partial charge in [0.1, 0.15) is 16.3 Å². The van der Waals surface area contributed by atoms with Gasteiger partial charge in [-0.15, -0.1) is 0 Å². The number of carbonyl (C=O) groups excluding carboxylic acids is 1. The molecule has 0 atom stereocenters. The third kappa shape index (κ3) is 4.40. The van der Waals surface area contributed by atoms with Crippen molar-refractivity contribution in [3.05, 3.63) is 58.2 Å².